The number of aromatic nitrogens is 2. The summed E-state index contributed by atoms with van der Waals surface area (Å²) in [5, 5.41) is 3.61. The number of fused-ring (bicyclic) bond motifs is 3. The summed E-state index contributed by atoms with van der Waals surface area (Å²) in [5.74, 6) is -0.228. The number of morpholine rings is 1. The predicted octanol–water partition coefficient (Wildman–Crippen LogP) is 2.81. The van der Waals surface area contributed by atoms with E-state index in [4.69, 9.17) is 4.74 Å². The van der Waals surface area contributed by atoms with Crippen molar-refractivity contribution >= 4 is 33.1 Å². The number of hydrogen-bond acceptors (Lipinski definition) is 6. The number of thiophene rings is 1. The minimum atomic E-state index is -0.228. The number of carbonyl (C=O) groups excluding carboxylic acids is 1. The lowest BCUT2D eigenvalue weighted by Crippen LogP contribution is -2.35. The number of hydrogen-bond donors (Lipinski definition) is 1. The third kappa shape index (κ3) is 4.42. The molecule has 1 aliphatic carbocycles. The minimum absolute atomic E-state index is 0.0398. The van der Waals surface area contributed by atoms with Gasteiger partial charge >= 0.3 is 0 Å². The maximum Gasteiger partial charge on any atom is 0.262 e. The van der Waals surface area contributed by atoms with Gasteiger partial charge in [-0.05, 0) is 48.9 Å². The fourth-order valence-electron chi connectivity index (χ4n) is 4.36. The van der Waals surface area contributed by atoms with Crippen molar-refractivity contribution in [2.24, 2.45) is 0 Å². The van der Waals surface area contributed by atoms with Gasteiger partial charge in [0.15, 0.2) is 0 Å². The van der Waals surface area contributed by atoms with Crippen molar-refractivity contribution in [3.8, 4) is 0 Å². The van der Waals surface area contributed by atoms with E-state index in [0.717, 1.165) is 68.2 Å². The summed E-state index contributed by atoms with van der Waals surface area (Å²) in [6, 6.07) is 7.88. The van der Waals surface area contributed by atoms with Gasteiger partial charge < -0.3 is 10.1 Å². The lowest BCUT2D eigenvalue weighted by Gasteiger charge is -2.26. The number of anilines is 1. The molecule has 0 saturated carbocycles. The van der Waals surface area contributed by atoms with Crippen molar-refractivity contribution < 1.29 is 9.53 Å². The molecule has 162 valence electrons. The molecule has 2 aliphatic rings. The fraction of sp³-hybridized carbons (Fsp3) is 0.435. The van der Waals surface area contributed by atoms with Gasteiger partial charge in [-0.1, -0.05) is 12.1 Å². The molecule has 1 aromatic carbocycles. The van der Waals surface area contributed by atoms with E-state index < -0.39 is 0 Å². The molecule has 0 spiro atoms. The van der Waals surface area contributed by atoms with Crippen LogP contribution >= 0.6 is 11.3 Å². The highest BCUT2D eigenvalue weighted by atomic mass is 32.1. The summed E-state index contributed by atoms with van der Waals surface area (Å²) in [6.45, 7) is 4.29. The Balaban J connectivity index is 1.25. The van der Waals surface area contributed by atoms with Gasteiger partial charge in [-0.2, -0.15) is 0 Å². The Morgan fingerprint density at radius 1 is 1.13 bits per heavy atom. The minimum Gasteiger partial charge on any atom is -0.379 e. The number of nitrogens with zero attached hydrogens (tertiary/aromatic N) is 3. The van der Waals surface area contributed by atoms with E-state index in [0.29, 0.717) is 5.39 Å². The Morgan fingerprint density at radius 2 is 1.90 bits per heavy atom. The fourth-order valence-corrected chi connectivity index (χ4v) is 5.58. The normalized spacial score (nSPS) is 16.9. The molecule has 31 heavy (non-hydrogen) atoms. The highest BCUT2D eigenvalue weighted by Crippen LogP contribution is 2.33. The monoisotopic (exact) mass is 438 g/mol. The van der Waals surface area contributed by atoms with Gasteiger partial charge in [0.1, 0.15) is 11.4 Å². The molecule has 3 aromatic rings. The van der Waals surface area contributed by atoms with Crippen LogP contribution in [0.1, 0.15) is 28.8 Å². The molecule has 7 nitrogen and oxygen atoms in total. The molecule has 0 bridgehead atoms. The van der Waals surface area contributed by atoms with Crippen molar-refractivity contribution in [1.82, 2.24) is 14.5 Å². The molecule has 0 atom stereocenters. The van der Waals surface area contributed by atoms with Crippen LogP contribution in [-0.2, 0) is 35.5 Å². The molecule has 1 amide bonds. The van der Waals surface area contributed by atoms with Crippen molar-refractivity contribution in [3.63, 3.8) is 0 Å². The van der Waals surface area contributed by atoms with Gasteiger partial charge in [0, 0.05) is 30.2 Å². The molecule has 2 aromatic heterocycles. The number of benzene rings is 1. The number of nitrogens with one attached hydrogen (secondary N) is 1. The van der Waals surface area contributed by atoms with Crippen molar-refractivity contribution in [1.29, 1.82) is 0 Å². The Hall–Kier alpha value is -2.55. The van der Waals surface area contributed by atoms with E-state index in [-0.39, 0.29) is 18.0 Å². The molecular weight excluding hydrogens is 412 g/mol. The average Bonchev–Trinajstić information content (AvgIpc) is 3.17. The third-order valence-corrected chi connectivity index (χ3v) is 7.20. The van der Waals surface area contributed by atoms with E-state index >= 15 is 0 Å². The zero-order valence-corrected chi connectivity index (χ0v) is 18.2. The molecule has 5 rings (SSSR count). The molecule has 8 heteroatoms. The lowest BCUT2D eigenvalue weighted by molar-refractivity contribution is -0.116. The van der Waals surface area contributed by atoms with Crippen LogP contribution in [0.5, 0.6) is 0 Å². The second-order valence-corrected chi connectivity index (χ2v) is 9.29. The summed E-state index contributed by atoms with van der Waals surface area (Å²) in [5.41, 5.74) is 2.97. The molecular formula is C23H26N4O3S. The Bertz CT molecular complexity index is 1150. The lowest BCUT2D eigenvalue weighted by atomic mass is 9.97. The average molecular weight is 439 g/mol. The zero-order valence-electron chi connectivity index (χ0n) is 17.4. The highest BCUT2D eigenvalue weighted by Gasteiger charge is 2.20. The third-order valence-electron chi connectivity index (χ3n) is 6.00. The number of rotatable bonds is 5. The van der Waals surface area contributed by atoms with Gasteiger partial charge in [0.25, 0.3) is 5.56 Å². The molecule has 1 saturated heterocycles. The summed E-state index contributed by atoms with van der Waals surface area (Å²) < 4.78 is 6.81. The predicted molar refractivity (Wildman–Crippen MR) is 122 cm³/mol. The number of amides is 1. The number of carbonyl (C=O) groups is 1. The van der Waals surface area contributed by atoms with E-state index in [2.05, 4.69) is 15.2 Å². The van der Waals surface area contributed by atoms with Gasteiger partial charge in [-0.25, -0.2) is 4.98 Å². The van der Waals surface area contributed by atoms with Gasteiger partial charge in [-0.15, -0.1) is 11.3 Å². The first-order chi connectivity index (χ1) is 15.2. The summed E-state index contributed by atoms with van der Waals surface area (Å²) in [6.07, 6.45) is 5.73. The second-order valence-electron chi connectivity index (χ2n) is 8.20. The topological polar surface area (TPSA) is 76.5 Å². The smallest absolute Gasteiger partial charge is 0.262 e. The van der Waals surface area contributed by atoms with Crippen LogP contribution < -0.4 is 10.9 Å². The molecule has 0 radical (unpaired) electrons. The molecule has 1 aliphatic heterocycles. The van der Waals surface area contributed by atoms with E-state index in [1.165, 1.54) is 27.8 Å². The number of ether oxygens (including phenoxy) is 1. The SMILES string of the molecule is O=C(Cn1cnc2sc3c(c2c1=O)CCCC3)Nc1ccc(CN2CCOCC2)cc1. The Morgan fingerprint density at radius 3 is 2.71 bits per heavy atom. The first-order valence-electron chi connectivity index (χ1n) is 10.9. The molecule has 0 unspecified atom stereocenters. The molecule has 3 heterocycles. The van der Waals surface area contributed by atoms with Crippen LogP contribution in [-0.4, -0.2) is 46.7 Å². The maximum absolute atomic E-state index is 13.0. The molecule has 1 N–H and O–H groups in total. The van der Waals surface area contributed by atoms with Crippen molar-refractivity contribution in [2.45, 2.75) is 38.8 Å². The van der Waals surface area contributed by atoms with Crippen LogP contribution in [0.2, 0.25) is 0 Å². The van der Waals surface area contributed by atoms with Crippen molar-refractivity contribution in [3.05, 3.63) is 57.0 Å². The quantitative estimate of drug-likeness (QED) is 0.663. The Kier molecular flexibility index (Phi) is 5.85. The first kappa shape index (κ1) is 20.4. The van der Waals surface area contributed by atoms with Crippen LogP contribution in [0.3, 0.4) is 0 Å². The second kappa shape index (κ2) is 8.90. The van der Waals surface area contributed by atoms with Crippen LogP contribution in [0.4, 0.5) is 5.69 Å². The Labute approximate surface area is 184 Å². The van der Waals surface area contributed by atoms with Crippen LogP contribution in [0.25, 0.3) is 10.2 Å². The van der Waals surface area contributed by atoms with Gasteiger partial charge in [-0.3, -0.25) is 19.1 Å². The number of aryl methyl sites for hydroxylation is 2. The van der Waals surface area contributed by atoms with Gasteiger partial charge in [0.2, 0.25) is 5.91 Å². The van der Waals surface area contributed by atoms with Crippen molar-refractivity contribution in [2.75, 3.05) is 31.6 Å². The zero-order chi connectivity index (χ0) is 21.2. The standard InChI is InChI=1S/C23H26N4O3S/c28-20(25-17-7-5-16(6-8-17)13-26-9-11-30-12-10-26)14-27-15-24-22-21(23(27)29)18-3-1-2-4-19(18)31-22/h5-8,15H,1-4,9-14H2,(H,25,28). The molecule has 1 fully saturated rings. The van der Waals surface area contributed by atoms with E-state index in [1.807, 2.05) is 24.3 Å². The highest BCUT2D eigenvalue weighted by molar-refractivity contribution is 7.18. The largest absolute Gasteiger partial charge is 0.379 e. The van der Waals surface area contributed by atoms with Crippen LogP contribution in [0, 0.1) is 0 Å². The summed E-state index contributed by atoms with van der Waals surface area (Å²) in [4.78, 5) is 34.5. The summed E-state index contributed by atoms with van der Waals surface area (Å²) in [7, 11) is 0. The van der Waals surface area contributed by atoms with Crippen LogP contribution in [0.15, 0.2) is 35.4 Å². The van der Waals surface area contributed by atoms with E-state index in [9.17, 15) is 9.59 Å². The van der Waals surface area contributed by atoms with E-state index in [1.54, 1.807) is 11.3 Å². The first-order valence-corrected chi connectivity index (χ1v) is 11.7. The van der Waals surface area contributed by atoms with Gasteiger partial charge in [0.05, 0.1) is 24.9 Å². The summed E-state index contributed by atoms with van der Waals surface area (Å²) >= 11 is 1.62. The maximum atomic E-state index is 13.0.